The first-order valence-corrected chi connectivity index (χ1v) is 6.70. The van der Waals surface area contributed by atoms with E-state index in [0.29, 0.717) is 30.2 Å². The summed E-state index contributed by atoms with van der Waals surface area (Å²) in [6, 6.07) is 3.50. The monoisotopic (exact) mass is 277 g/mol. The molecule has 0 bridgehead atoms. The Kier molecular flexibility index (Phi) is 4.39. The van der Waals surface area contributed by atoms with E-state index in [0.717, 1.165) is 13.0 Å². The summed E-state index contributed by atoms with van der Waals surface area (Å²) in [6.07, 6.45) is 0.929. The molecule has 0 radical (unpaired) electrons. The first-order chi connectivity index (χ1) is 9.50. The van der Waals surface area contributed by atoms with Crippen LogP contribution in [0.2, 0.25) is 0 Å². The first kappa shape index (κ1) is 14.5. The molecule has 2 N–H and O–H groups in total. The number of carboxylic acid groups (broad SMARTS) is 1. The second-order valence-electron chi connectivity index (χ2n) is 5.19. The van der Waals surface area contributed by atoms with Crippen LogP contribution in [-0.4, -0.2) is 36.7 Å². The van der Waals surface area contributed by atoms with Crippen molar-refractivity contribution in [2.24, 2.45) is 5.92 Å². The van der Waals surface area contributed by atoms with Crippen molar-refractivity contribution < 1.29 is 19.4 Å². The largest absolute Gasteiger partial charge is 0.478 e. The van der Waals surface area contributed by atoms with Crippen LogP contribution in [0.25, 0.3) is 0 Å². The Labute approximate surface area is 117 Å². The smallest absolute Gasteiger partial charge is 0.336 e. The minimum Gasteiger partial charge on any atom is -0.478 e. The van der Waals surface area contributed by atoms with E-state index in [-0.39, 0.29) is 17.0 Å². The molecule has 1 aliphatic heterocycles. The van der Waals surface area contributed by atoms with Crippen molar-refractivity contribution in [1.29, 1.82) is 0 Å². The molecule has 0 spiro atoms. The molecule has 2 rings (SSSR count). The predicted octanol–water partition coefficient (Wildman–Crippen LogP) is 1.77. The quantitative estimate of drug-likeness (QED) is 0.879. The summed E-state index contributed by atoms with van der Waals surface area (Å²) in [6.45, 7) is 5.35. The van der Waals surface area contributed by atoms with Gasteiger partial charge in [0, 0.05) is 19.1 Å². The van der Waals surface area contributed by atoms with Crippen molar-refractivity contribution in [3.05, 3.63) is 34.4 Å². The number of benzene rings is 1. The molecule has 1 amide bonds. The van der Waals surface area contributed by atoms with Gasteiger partial charge >= 0.3 is 5.97 Å². The summed E-state index contributed by atoms with van der Waals surface area (Å²) in [5.41, 5.74) is 1.62. The van der Waals surface area contributed by atoms with Crippen molar-refractivity contribution >= 4 is 11.9 Å². The molecule has 1 aromatic carbocycles. The number of carbonyl (C=O) groups is 2. The summed E-state index contributed by atoms with van der Waals surface area (Å²) in [7, 11) is 0. The average molecular weight is 277 g/mol. The molecular formula is C15H19NO4. The average Bonchev–Trinajstić information content (AvgIpc) is 2.91. The molecule has 0 aromatic heterocycles. The number of rotatable bonds is 4. The standard InChI is InChI=1S/C15H19NO4/c1-9-3-4-10(2)13(15(18)19)12(9)14(17)16-7-11-5-6-20-8-11/h3-4,11H,5-8H2,1-2H3,(H,16,17)(H,18,19). The predicted molar refractivity (Wildman–Crippen MR) is 74.1 cm³/mol. The van der Waals surface area contributed by atoms with Gasteiger partial charge in [0.25, 0.3) is 5.91 Å². The molecule has 1 saturated heterocycles. The Morgan fingerprint density at radius 1 is 1.30 bits per heavy atom. The lowest BCUT2D eigenvalue weighted by molar-refractivity contribution is 0.0689. The van der Waals surface area contributed by atoms with Crippen molar-refractivity contribution in [2.45, 2.75) is 20.3 Å². The highest BCUT2D eigenvalue weighted by atomic mass is 16.5. The number of hydrogen-bond donors (Lipinski definition) is 2. The van der Waals surface area contributed by atoms with E-state index in [1.807, 2.05) is 0 Å². The molecule has 5 heteroatoms. The van der Waals surface area contributed by atoms with E-state index < -0.39 is 5.97 Å². The maximum atomic E-state index is 12.3. The Bertz CT molecular complexity index is 533. The SMILES string of the molecule is Cc1ccc(C)c(C(=O)NCC2CCOC2)c1C(=O)O. The fourth-order valence-corrected chi connectivity index (χ4v) is 2.45. The van der Waals surface area contributed by atoms with Gasteiger partial charge in [0.2, 0.25) is 0 Å². The Balaban J connectivity index is 2.19. The molecule has 1 fully saturated rings. The normalized spacial score (nSPS) is 18.0. The number of nitrogens with one attached hydrogen (secondary N) is 1. The van der Waals surface area contributed by atoms with Gasteiger partial charge in [-0.2, -0.15) is 0 Å². The van der Waals surface area contributed by atoms with Gasteiger partial charge in [-0.3, -0.25) is 4.79 Å². The molecule has 1 atom stereocenters. The fourth-order valence-electron chi connectivity index (χ4n) is 2.45. The molecule has 108 valence electrons. The van der Waals surface area contributed by atoms with Crippen LogP contribution in [0.3, 0.4) is 0 Å². The van der Waals surface area contributed by atoms with Gasteiger partial charge in [-0.1, -0.05) is 12.1 Å². The number of aromatic carboxylic acids is 1. The van der Waals surface area contributed by atoms with Gasteiger partial charge in [0.1, 0.15) is 0 Å². The number of carbonyl (C=O) groups excluding carboxylic acids is 1. The van der Waals surface area contributed by atoms with Gasteiger partial charge in [-0.15, -0.1) is 0 Å². The zero-order valence-corrected chi connectivity index (χ0v) is 11.7. The van der Waals surface area contributed by atoms with Crippen LogP contribution in [0.5, 0.6) is 0 Å². The first-order valence-electron chi connectivity index (χ1n) is 6.70. The van der Waals surface area contributed by atoms with E-state index >= 15 is 0 Å². The van der Waals surface area contributed by atoms with Crippen LogP contribution in [0.1, 0.15) is 38.3 Å². The molecule has 1 heterocycles. The van der Waals surface area contributed by atoms with Crippen molar-refractivity contribution in [3.8, 4) is 0 Å². The molecule has 0 saturated carbocycles. The molecule has 1 aromatic rings. The van der Waals surface area contributed by atoms with Crippen LogP contribution in [-0.2, 0) is 4.74 Å². The van der Waals surface area contributed by atoms with Crippen molar-refractivity contribution in [1.82, 2.24) is 5.32 Å². The maximum absolute atomic E-state index is 12.3. The zero-order valence-electron chi connectivity index (χ0n) is 11.7. The van der Waals surface area contributed by atoms with E-state index in [1.54, 1.807) is 26.0 Å². The highest BCUT2D eigenvalue weighted by Crippen LogP contribution is 2.19. The second kappa shape index (κ2) is 6.05. The Hall–Kier alpha value is -1.88. The topological polar surface area (TPSA) is 75.6 Å². The molecule has 20 heavy (non-hydrogen) atoms. The second-order valence-corrected chi connectivity index (χ2v) is 5.19. The lowest BCUT2D eigenvalue weighted by atomic mass is 9.96. The van der Waals surface area contributed by atoms with Crippen LogP contribution < -0.4 is 5.32 Å². The molecular weight excluding hydrogens is 258 g/mol. The summed E-state index contributed by atoms with van der Waals surface area (Å²) < 4.78 is 5.25. The molecule has 1 aliphatic rings. The lowest BCUT2D eigenvalue weighted by Crippen LogP contribution is -2.31. The minimum absolute atomic E-state index is 0.0881. The number of aryl methyl sites for hydroxylation is 2. The van der Waals surface area contributed by atoms with Gasteiger partial charge in [-0.25, -0.2) is 4.79 Å². The van der Waals surface area contributed by atoms with Gasteiger partial charge in [0.05, 0.1) is 17.7 Å². The van der Waals surface area contributed by atoms with Crippen molar-refractivity contribution in [2.75, 3.05) is 19.8 Å². The van der Waals surface area contributed by atoms with E-state index in [2.05, 4.69) is 5.32 Å². The van der Waals surface area contributed by atoms with Crippen LogP contribution in [0.15, 0.2) is 12.1 Å². The third kappa shape index (κ3) is 2.99. The lowest BCUT2D eigenvalue weighted by Gasteiger charge is -2.14. The van der Waals surface area contributed by atoms with Gasteiger partial charge in [-0.05, 0) is 31.4 Å². The maximum Gasteiger partial charge on any atom is 0.336 e. The molecule has 5 nitrogen and oxygen atoms in total. The number of ether oxygens (including phenoxy) is 1. The van der Waals surface area contributed by atoms with Gasteiger partial charge < -0.3 is 15.2 Å². The van der Waals surface area contributed by atoms with Crippen LogP contribution in [0.4, 0.5) is 0 Å². The third-order valence-electron chi connectivity index (χ3n) is 3.64. The summed E-state index contributed by atoms with van der Waals surface area (Å²) in [5, 5.41) is 12.1. The van der Waals surface area contributed by atoms with E-state index in [9.17, 15) is 14.7 Å². The van der Waals surface area contributed by atoms with Crippen LogP contribution >= 0.6 is 0 Å². The fraction of sp³-hybridized carbons (Fsp3) is 0.467. The van der Waals surface area contributed by atoms with E-state index in [4.69, 9.17) is 4.74 Å². The Morgan fingerprint density at radius 3 is 2.50 bits per heavy atom. The molecule has 1 unspecified atom stereocenters. The number of carboxylic acids is 1. The summed E-state index contributed by atoms with van der Waals surface area (Å²) in [4.78, 5) is 23.6. The zero-order chi connectivity index (χ0) is 14.7. The van der Waals surface area contributed by atoms with Crippen molar-refractivity contribution in [3.63, 3.8) is 0 Å². The highest BCUT2D eigenvalue weighted by molar-refractivity contribution is 6.06. The summed E-state index contributed by atoms with van der Waals surface area (Å²) in [5.74, 6) is -1.08. The highest BCUT2D eigenvalue weighted by Gasteiger charge is 2.22. The van der Waals surface area contributed by atoms with Gasteiger partial charge in [0.15, 0.2) is 0 Å². The van der Waals surface area contributed by atoms with Crippen LogP contribution in [0, 0.1) is 19.8 Å². The number of hydrogen-bond acceptors (Lipinski definition) is 3. The Morgan fingerprint density at radius 2 is 1.95 bits per heavy atom. The molecule has 0 aliphatic carbocycles. The summed E-state index contributed by atoms with van der Waals surface area (Å²) >= 11 is 0. The third-order valence-corrected chi connectivity index (χ3v) is 3.64. The number of amides is 1. The van der Waals surface area contributed by atoms with E-state index in [1.165, 1.54) is 0 Å². The minimum atomic E-state index is -1.07.